The van der Waals surface area contributed by atoms with Crippen molar-refractivity contribution in [1.82, 2.24) is 10.6 Å². The molecule has 1 rings (SSSR count). The van der Waals surface area contributed by atoms with Gasteiger partial charge >= 0.3 is 6.03 Å². The van der Waals surface area contributed by atoms with Crippen molar-refractivity contribution in [2.75, 3.05) is 7.05 Å². The van der Waals surface area contributed by atoms with Gasteiger partial charge in [-0.05, 0) is 44.0 Å². The van der Waals surface area contributed by atoms with Crippen LogP contribution in [-0.4, -0.2) is 25.1 Å². The Labute approximate surface area is 107 Å². The summed E-state index contributed by atoms with van der Waals surface area (Å²) in [4.78, 5) is 22.6. The number of ether oxygens (including phenoxy) is 1. The van der Waals surface area contributed by atoms with Crippen molar-refractivity contribution < 1.29 is 14.3 Å². The van der Waals surface area contributed by atoms with Gasteiger partial charge in [-0.25, -0.2) is 4.79 Å². The molecule has 0 aliphatic rings. The van der Waals surface area contributed by atoms with Crippen molar-refractivity contribution in [3.63, 3.8) is 0 Å². The van der Waals surface area contributed by atoms with Gasteiger partial charge in [0.15, 0.2) is 6.10 Å². The molecule has 1 atom stereocenters. The highest BCUT2D eigenvalue weighted by Gasteiger charge is 2.16. The third-order valence-electron chi connectivity index (χ3n) is 2.34. The zero-order valence-corrected chi connectivity index (χ0v) is 11.0. The normalized spacial score (nSPS) is 11.6. The Bertz CT molecular complexity index is 437. The fourth-order valence-electron chi connectivity index (χ4n) is 1.53. The van der Waals surface area contributed by atoms with E-state index in [2.05, 4.69) is 10.6 Å². The summed E-state index contributed by atoms with van der Waals surface area (Å²) in [5.74, 6) is 0.139. The number of carbonyl (C=O) groups excluding carboxylic acids is 2. The summed E-state index contributed by atoms with van der Waals surface area (Å²) in [7, 11) is 1.44. The number of nitrogens with one attached hydrogen (secondary N) is 2. The van der Waals surface area contributed by atoms with Crippen LogP contribution in [0.2, 0.25) is 0 Å². The van der Waals surface area contributed by atoms with Crippen molar-refractivity contribution in [3.8, 4) is 5.75 Å². The molecule has 98 valence electrons. The smallest absolute Gasteiger partial charge is 0.321 e. The molecule has 2 N–H and O–H groups in total. The molecular formula is C13H18N2O3. The predicted molar refractivity (Wildman–Crippen MR) is 68.6 cm³/mol. The lowest BCUT2D eigenvalue weighted by Gasteiger charge is -2.14. The number of amides is 3. The number of hydrogen-bond donors (Lipinski definition) is 2. The van der Waals surface area contributed by atoms with E-state index in [1.807, 2.05) is 32.0 Å². The van der Waals surface area contributed by atoms with Crippen LogP contribution in [0.3, 0.4) is 0 Å². The molecule has 5 nitrogen and oxygen atoms in total. The molecule has 3 amide bonds. The highest BCUT2D eigenvalue weighted by atomic mass is 16.5. The quantitative estimate of drug-likeness (QED) is 0.854. The van der Waals surface area contributed by atoms with Crippen LogP contribution in [-0.2, 0) is 4.79 Å². The Morgan fingerprint density at radius 1 is 1.17 bits per heavy atom. The van der Waals surface area contributed by atoms with Gasteiger partial charge in [0.05, 0.1) is 0 Å². The molecule has 0 unspecified atom stereocenters. The number of rotatable bonds is 3. The number of urea groups is 1. The Morgan fingerprint density at radius 3 is 2.22 bits per heavy atom. The summed E-state index contributed by atoms with van der Waals surface area (Å²) in [5.41, 5.74) is 2.12. The van der Waals surface area contributed by atoms with E-state index in [0.29, 0.717) is 5.75 Å². The van der Waals surface area contributed by atoms with Crippen LogP contribution >= 0.6 is 0 Å². The molecule has 1 aromatic rings. The predicted octanol–water partition coefficient (Wildman–Crippen LogP) is 1.53. The molecule has 0 heterocycles. The van der Waals surface area contributed by atoms with E-state index < -0.39 is 18.0 Å². The summed E-state index contributed by atoms with van der Waals surface area (Å²) in [5, 5.41) is 4.47. The lowest BCUT2D eigenvalue weighted by molar-refractivity contribution is -0.126. The minimum atomic E-state index is -0.733. The van der Waals surface area contributed by atoms with Crippen molar-refractivity contribution in [2.24, 2.45) is 0 Å². The van der Waals surface area contributed by atoms with E-state index in [-0.39, 0.29) is 0 Å². The van der Waals surface area contributed by atoms with Gasteiger partial charge in [0.25, 0.3) is 5.91 Å². The Balaban J connectivity index is 2.66. The monoisotopic (exact) mass is 250 g/mol. The van der Waals surface area contributed by atoms with Crippen molar-refractivity contribution in [3.05, 3.63) is 29.3 Å². The average molecular weight is 250 g/mol. The van der Waals surface area contributed by atoms with Gasteiger partial charge in [0.1, 0.15) is 5.75 Å². The molecule has 1 aromatic carbocycles. The van der Waals surface area contributed by atoms with Gasteiger partial charge in [0.2, 0.25) is 0 Å². The number of aryl methyl sites for hydroxylation is 2. The summed E-state index contributed by atoms with van der Waals surface area (Å²) in [6.45, 7) is 5.50. The van der Waals surface area contributed by atoms with E-state index in [0.717, 1.165) is 11.1 Å². The van der Waals surface area contributed by atoms with Crippen LogP contribution in [0.5, 0.6) is 5.75 Å². The lowest BCUT2D eigenvalue weighted by atomic mass is 10.1. The first kappa shape index (κ1) is 14.0. The number of carbonyl (C=O) groups is 2. The van der Waals surface area contributed by atoms with Crippen molar-refractivity contribution in [1.29, 1.82) is 0 Å². The first-order valence-corrected chi connectivity index (χ1v) is 5.70. The second-order valence-electron chi connectivity index (χ2n) is 4.15. The van der Waals surface area contributed by atoms with Crippen molar-refractivity contribution >= 4 is 11.9 Å². The van der Waals surface area contributed by atoms with Gasteiger partial charge in [-0.2, -0.15) is 0 Å². The van der Waals surface area contributed by atoms with E-state index in [4.69, 9.17) is 4.74 Å². The molecule has 0 spiro atoms. The molecule has 5 heteroatoms. The Kier molecular flexibility index (Phi) is 4.71. The van der Waals surface area contributed by atoms with Gasteiger partial charge in [-0.15, -0.1) is 0 Å². The maximum Gasteiger partial charge on any atom is 0.321 e. The highest BCUT2D eigenvalue weighted by molar-refractivity contribution is 5.96. The molecular weight excluding hydrogens is 232 g/mol. The number of benzene rings is 1. The lowest BCUT2D eigenvalue weighted by Crippen LogP contribution is -2.43. The van der Waals surface area contributed by atoms with Crippen LogP contribution in [0.15, 0.2) is 18.2 Å². The van der Waals surface area contributed by atoms with Crippen LogP contribution in [0.4, 0.5) is 4.79 Å². The molecule has 0 saturated carbocycles. The number of imide groups is 1. The third-order valence-corrected chi connectivity index (χ3v) is 2.34. The van der Waals surface area contributed by atoms with Gasteiger partial charge in [-0.3, -0.25) is 10.1 Å². The first-order chi connectivity index (χ1) is 8.42. The molecule has 18 heavy (non-hydrogen) atoms. The van der Waals surface area contributed by atoms with Gasteiger partial charge in [-0.1, -0.05) is 6.07 Å². The van der Waals surface area contributed by atoms with Crippen LogP contribution in [0.1, 0.15) is 18.1 Å². The number of hydrogen-bond acceptors (Lipinski definition) is 3. The minimum Gasteiger partial charge on any atom is -0.481 e. The second-order valence-corrected chi connectivity index (χ2v) is 4.15. The van der Waals surface area contributed by atoms with Crippen LogP contribution in [0, 0.1) is 13.8 Å². The van der Waals surface area contributed by atoms with Crippen LogP contribution < -0.4 is 15.4 Å². The van der Waals surface area contributed by atoms with E-state index in [9.17, 15) is 9.59 Å². The molecule has 0 bridgehead atoms. The molecule has 0 fully saturated rings. The standard InChI is InChI=1S/C13H18N2O3/c1-8-5-9(2)7-11(6-8)18-10(3)12(16)15-13(17)14-4/h5-7,10H,1-4H3,(H2,14,15,16,17)/t10-/m0/s1. The third kappa shape index (κ3) is 4.08. The summed E-state index contributed by atoms with van der Waals surface area (Å²) in [6.07, 6.45) is -0.733. The molecule has 0 saturated heterocycles. The van der Waals surface area contributed by atoms with E-state index >= 15 is 0 Å². The Morgan fingerprint density at radius 2 is 1.72 bits per heavy atom. The SMILES string of the molecule is CNC(=O)NC(=O)[C@H](C)Oc1cc(C)cc(C)c1. The molecule has 0 radical (unpaired) electrons. The Hall–Kier alpha value is -2.04. The fourth-order valence-corrected chi connectivity index (χ4v) is 1.53. The van der Waals surface area contributed by atoms with Gasteiger partial charge < -0.3 is 10.1 Å². The second kappa shape index (κ2) is 6.05. The van der Waals surface area contributed by atoms with Gasteiger partial charge in [0, 0.05) is 7.05 Å². The summed E-state index contributed by atoms with van der Waals surface area (Å²) in [6, 6.07) is 5.16. The maximum atomic E-state index is 11.6. The summed E-state index contributed by atoms with van der Waals surface area (Å²) < 4.78 is 5.49. The highest BCUT2D eigenvalue weighted by Crippen LogP contribution is 2.17. The molecule has 0 aliphatic carbocycles. The average Bonchev–Trinajstić information content (AvgIpc) is 2.27. The first-order valence-electron chi connectivity index (χ1n) is 5.70. The maximum absolute atomic E-state index is 11.6. The van der Waals surface area contributed by atoms with E-state index in [1.165, 1.54) is 7.05 Å². The minimum absolute atomic E-state index is 0.478. The van der Waals surface area contributed by atoms with Crippen molar-refractivity contribution in [2.45, 2.75) is 26.9 Å². The molecule has 0 aliphatic heterocycles. The molecule has 0 aromatic heterocycles. The topological polar surface area (TPSA) is 67.4 Å². The largest absolute Gasteiger partial charge is 0.481 e. The zero-order chi connectivity index (χ0) is 13.7. The van der Waals surface area contributed by atoms with E-state index in [1.54, 1.807) is 6.92 Å². The zero-order valence-electron chi connectivity index (χ0n) is 11.0. The van der Waals surface area contributed by atoms with Crippen LogP contribution in [0.25, 0.3) is 0 Å². The fraction of sp³-hybridized carbons (Fsp3) is 0.385. The summed E-state index contributed by atoms with van der Waals surface area (Å²) >= 11 is 0.